The molecular formula is C11H13N3O2S. The summed E-state index contributed by atoms with van der Waals surface area (Å²) in [4.78, 5) is 15.5. The first-order chi connectivity index (χ1) is 8.04. The molecule has 90 valence electrons. The maximum atomic E-state index is 11.2. The summed E-state index contributed by atoms with van der Waals surface area (Å²) in [6, 6.07) is 0. The van der Waals surface area contributed by atoms with Gasteiger partial charge in [-0.25, -0.2) is 9.67 Å². The highest BCUT2D eigenvalue weighted by atomic mass is 32.1. The monoisotopic (exact) mass is 251 g/mol. The van der Waals surface area contributed by atoms with Crippen LogP contribution in [0.1, 0.15) is 23.1 Å². The summed E-state index contributed by atoms with van der Waals surface area (Å²) in [5.74, 6) is 0.625. The zero-order chi connectivity index (χ0) is 12.6. The minimum atomic E-state index is -0.0342. The molecule has 0 fully saturated rings. The Labute approximate surface area is 103 Å². The average molecular weight is 251 g/mol. The van der Waals surface area contributed by atoms with Crippen LogP contribution in [0.15, 0.2) is 5.38 Å². The minimum Gasteiger partial charge on any atom is -0.481 e. The van der Waals surface area contributed by atoms with Crippen LogP contribution in [0.3, 0.4) is 0 Å². The third kappa shape index (κ3) is 1.95. The molecule has 0 aliphatic carbocycles. The van der Waals surface area contributed by atoms with E-state index in [-0.39, 0.29) is 5.78 Å². The Morgan fingerprint density at radius 2 is 2.24 bits per heavy atom. The maximum absolute atomic E-state index is 11.2. The van der Waals surface area contributed by atoms with E-state index in [2.05, 4.69) is 10.1 Å². The number of aromatic nitrogens is 3. The summed E-state index contributed by atoms with van der Waals surface area (Å²) in [7, 11) is 3.41. The Morgan fingerprint density at radius 3 is 2.76 bits per heavy atom. The molecule has 0 spiro atoms. The predicted octanol–water partition coefficient (Wildman–Crippen LogP) is 2.06. The van der Waals surface area contributed by atoms with Gasteiger partial charge in [0.15, 0.2) is 5.78 Å². The second-order valence-corrected chi connectivity index (χ2v) is 4.55. The van der Waals surface area contributed by atoms with E-state index < -0.39 is 0 Å². The van der Waals surface area contributed by atoms with E-state index >= 15 is 0 Å². The van der Waals surface area contributed by atoms with Crippen molar-refractivity contribution >= 4 is 17.1 Å². The summed E-state index contributed by atoms with van der Waals surface area (Å²) < 4.78 is 6.97. The summed E-state index contributed by atoms with van der Waals surface area (Å²) >= 11 is 1.42. The van der Waals surface area contributed by atoms with Crippen LogP contribution < -0.4 is 4.74 Å². The number of Topliss-reactive ketones (excluding diaryl/α,β-unsaturated/α-hetero) is 1. The Hall–Kier alpha value is -1.69. The normalized spacial score (nSPS) is 10.6. The van der Waals surface area contributed by atoms with E-state index in [0.29, 0.717) is 11.6 Å². The van der Waals surface area contributed by atoms with Crippen molar-refractivity contribution < 1.29 is 9.53 Å². The van der Waals surface area contributed by atoms with Crippen LogP contribution in [0.5, 0.6) is 5.88 Å². The van der Waals surface area contributed by atoms with Crippen molar-refractivity contribution in [3.8, 4) is 16.5 Å². The highest BCUT2D eigenvalue weighted by Gasteiger charge is 2.19. The first-order valence-corrected chi connectivity index (χ1v) is 5.97. The number of methoxy groups -OCH3 is 1. The lowest BCUT2D eigenvalue weighted by atomic mass is 10.2. The molecule has 17 heavy (non-hydrogen) atoms. The maximum Gasteiger partial charge on any atom is 0.222 e. The number of rotatable bonds is 3. The summed E-state index contributed by atoms with van der Waals surface area (Å²) in [5, 5.41) is 6.80. The van der Waals surface area contributed by atoms with Crippen molar-refractivity contribution in [3.05, 3.63) is 16.8 Å². The molecule has 0 aromatic carbocycles. The second kappa shape index (κ2) is 4.29. The number of hydrogen-bond acceptors (Lipinski definition) is 5. The molecule has 0 saturated carbocycles. The molecule has 0 N–H and O–H groups in total. The van der Waals surface area contributed by atoms with Gasteiger partial charge in [0.05, 0.1) is 18.4 Å². The molecule has 0 unspecified atom stereocenters. The lowest BCUT2D eigenvalue weighted by Crippen LogP contribution is -1.96. The zero-order valence-corrected chi connectivity index (χ0v) is 11.0. The zero-order valence-electron chi connectivity index (χ0n) is 10.1. The van der Waals surface area contributed by atoms with Crippen molar-refractivity contribution in [2.45, 2.75) is 13.8 Å². The molecule has 2 aromatic heterocycles. The molecule has 0 bridgehead atoms. The van der Waals surface area contributed by atoms with Gasteiger partial charge in [-0.3, -0.25) is 4.79 Å². The third-order valence-corrected chi connectivity index (χ3v) is 3.30. The lowest BCUT2D eigenvalue weighted by Gasteiger charge is -2.01. The summed E-state index contributed by atoms with van der Waals surface area (Å²) in [5.41, 5.74) is 2.18. The molecular weight excluding hydrogens is 238 g/mol. The average Bonchev–Trinajstić information content (AvgIpc) is 2.82. The van der Waals surface area contributed by atoms with Crippen LogP contribution in [-0.2, 0) is 7.05 Å². The Bertz CT molecular complexity index is 571. The Balaban J connectivity index is 2.55. The van der Waals surface area contributed by atoms with E-state index in [0.717, 1.165) is 16.3 Å². The van der Waals surface area contributed by atoms with Gasteiger partial charge in [0.1, 0.15) is 10.7 Å². The third-order valence-electron chi connectivity index (χ3n) is 2.44. The number of carbonyl (C=O) groups is 1. The Kier molecular flexibility index (Phi) is 2.97. The molecule has 0 saturated heterocycles. The molecule has 0 amide bonds. The fourth-order valence-electron chi connectivity index (χ4n) is 1.67. The number of hydrogen-bond donors (Lipinski definition) is 0. The fraction of sp³-hybridized carbons (Fsp3) is 0.364. The quantitative estimate of drug-likeness (QED) is 0.783. The molecule has 6 heteroatoms. The molecule has 2 heterocycles. The molecule has 5 nitrogen and oxygen atoms in total. The Morgan fingerprint density at radius 1 is 1.53 bits per heavy atom. The van der Waals surface area contributed by atoms with E-state index in [4.69, 9.17) is 4.74 Å². The van der Waals surface area contributed by atoms with E-state index in [1.54, 1.807) is 17.2 Å². The van der Waals surface area contributed by atoms with Crippen LogP contribution in [0, 0.1) is 6.92 Å². The fourth-order valence-corrected chi connectivity index (χ4v) is 2.61. The molecule has 2 aromatic rings. The van der Waals surface area contributed by atoms with Gasteiger partial charge in [-0.1, -0.05) is 0 Å². The van der Waals surface area contributed by atoms with E-state index in [1.165, 1.54) is 18.3 Å². The molecule has 0 radical (unpaired) electrons. The number of aryl methyl sites for hydroxylation is 2. The highest BCUT2D eigenvalue weighted by Crippen LogP contribution is 2.34. The van der Waals surface area contributed by atoms with E-state index in [1.807, 2.05) is 14.0 Å². The first kappa shape index (κ1) is 11.8. The second-order valence-electron chi connectivity index (χ2n) is 3.69. The van der Waals surface area contributed by atoms with Crippen molar-refractivity contribution in [2.75, 3.05) is 7.11 Å². The standard InChI is InChI=1S/C11H13N3O2S/c1-6-9(11(16-4)14(3)13-6)10-12-8(5-17-10)7(2)15/h5H,1-4H3. The van der Waals surface area contributed by atoms with Crippen molar-refractivity contribution in [3.63, 3.8) is 0 Å². The van der Waals surface area contributed by atoms with Gasteiger partial charge < -0.3 is 4.74 Å². The molecule has 0 aliphatic rings. The van der Waals surface area contributed by atoms with Gasteiger partial charge >= 0.3 is 0 Å². The van der Waals surface area contributed by atoms with Gasteiger partial charge in [-0.05, 0) is 6.92 Å². The summed E-state index contributed by atoms with van der Waals surface area (Å²) in [6.45, 7) is 3.40. The number of ether oxygens (including phenoxy) is 1. The first-order valence-electron chi connectivity index (χ1n) is 5.09. The van der Waals surface area contributed by atoms with Crippen molar-refractivity contribution in [1.82, 2.24) is 14.8 Å². The molecule has 2 rings (SSSR count). The van der Waals surface area contributed by atoms with Gasteiger partial charge in [0.2, 0.25) is 5.88 Å². The smallest absolute Gasteiger partial charge is 0.222 e. The van der Waals surface area contributed by atoms with Crippen LogP contribution in [0.25, 0.3) is 10.6 Å². The van der Waals surface area contributed by atoms with Crippen molar-refractivity contribution in [2.24, 2.45) is 7.05 Å². The van der Waals surface area contributed by atoms with E-state index in [9.17, 15) is 4.79 Å². The van der Waals surface area contributed by atoms with Gasteiger partial charge in [0.25, 0.3) is 0 Å². The van der Waals surface area contributed by atoms with Gasteiger partial charge in [-0.2, -0.15) is 5.10 Å². The van der Waals surface area contributed by atoms with Gasteiger partial charge in [-0.15, -0.1) is 11.3 Å². The SMILES string of the molecule is COc1c(-c2nc(C(C)=O)cs2)c(C)nn1C. The van der Waals surface area contributed by atoms with Gasteiger partial charge in [0, 0.05) is 19.4 Å². The van der Waals surface area contributed by atoms with Crippen molar-refractivity contribution in [1.29, 1.82) is 0 Å². The molecule has 0 atom stereocenters. The number of nitrogens with zero attached hydrogens (tertiary/aromatic N) is 3. The minimum absolute atomic E-state index is 0.0342. The predicted molar refractivity (Wildman–Crippen MR) is 65.6 cm³/mol. The molecule has 0 aliphatic heterocycles. The lowest BCUT2D eigenvalue weighted by molar-refractivity contribution is 0.101. The number of carbonyl (C=O) groups excluding carboxylic acids is 1. The van der Waals surface area contributed by atoms with Crippen LogP contribution in [0.2, 0.25) is 0 Å². The highest BCUT2D eigenvalue weighted by molar-refractivity contribution is 7.13. The number of thiazole rings is 1. The number of ketones is 1. The van der Waals surface area contributed by atoms with Crippen LogP contribution in [0.4, 0.5) is 0 Å². The largest absolute Gasteiger partial charge is 0.481 e. The summed E-state index contributed by atoms with van der Waals surface area (Å²) in [6.07, 6.45) is 0. The topological polar surface area (TPSA) is 57.0 Å². The van der Waals surface area contributed by atoms with Crippen LogP contribution in [-0.4, -0.2) is 27.7 Å². The van der Waals surface area contributed by atoms with Crippen LogP contribution >= 0.6 is 11.3 Å².